The number of aryl methyl sites for hydroxylation is 2. The molecule has 0 atom stereocenters. The lowest BCUT2D eigenvalue weighted by Crippen LogP contribution is -2.34. The second-order valence-corrected chi connectivity index (χ2v) is 9.15. The van der Waals surface area contributed by atoms with Gasteiger partial charge in [-0.2, -0.15) is 4.57 Å². The van der Waals surface area contributed by atoms with Gasteiger partial charge in [0, 0.05) is 42.7 Å². The van der Waals surface area contributed by atoms with Crippen molar-refractivity contribution in [1.82, 2.24) is 0 Å². The fraction of sp³-hybridized carbons (Fsp3) is 0.259. The van der Waals surface area contributed by atoms with Crippen molar-refractivity contribution >= 4 is 32.9 Å². The van der Waals surface area contributed by atoms with Crippen LogP contribution in [0.15, 0.2) is 54.7 Å². The number of aromatic nitrogens is 1. The molecule has 30 heavy (non-hydrogen) atoms. The number of nitrogens with zero attached hydrogens (tertiary/aromatic N) is 3. The minimum Gasteiger partial charge on any atom is -0.338 e. The lowest BCUT2D eigenvalue weighted by atomic mass is 9.88. The number of hydrogen-bond acceptors (Lipinski definition) is 1. The topological polar surface area (TPSA) is 11.5 Å². The molecule has 0 aliphatic carbocycles. The second kappa shape index (κ2) is 6.31. The van der Waals surface area contributed by atoms with E-state index in [2.05, 4.69) is 90.1 Å². The molecule has 0 radical (unpaired) electrons. The Labute approximate surface area is 178 Å². The summed E-state index contributed by atoms with van der Waals surface area (Å²) in [7, 11) is 4.32. The van der Waals surface area contributed by atoms with Gasteiger partial charge < -0.3 is 9.74 Å². The van der Waals surface area contributed by atoms with Crippen LogP contribution in [0.2, 0.25) is 0 Å². The van der Waals surface area contributed by atoms with Gasteiger partial charge in [0.15, 0.2) is 6.20 Å². The highest BCUT2D eigenvalue weighted by Crippen LogP contribution is 2.49. The first kappa shape index (κ1) is 18.6. The molecule has 2 heterocycles. The predicted molar refractivity (Wildman–Crippen MR) is 125 cm³/mol. The first-order chi connectivity index (χ1) is 14.3. The van der Waals surface area contributed by atoms with Crippen molar-refractivity contribution in [3.8, 4) is 11.3 Å². The Morgan fingerprint density at radius 2 is 1.83 bits per heavy atom. The summed E-state index contributed by atoms with van der Waals surface area (Å²) >= 11 is 0. The second-order valence-electron chi connectivity index (χ2n) is 9.15. The summed E-state index contributed by atoms with van der Waals surface area (Å²) in [5.74, 6) is 0. The molecule has 0 bridgehead atoms. The Bertz CT molecular complexity index is 1390. The van der Waals surface area contributed by atoms with Crippen molar-refractivity contribution < 1.29 is 4.57 Å². The Kier molecular flexibility index (Phi) is 3.92. The van der Waals surface area contributed by atoms with Gasteiger partial charge in [0.05, 0.1) is 12.0 Å². The van der Waals surface area contributed by atoms with Crippen molar-refractivity contribution in [2.24, 2.45) is 7.05 Å². The molecule has 0 N–H and O–H groups in total. The number of hydrogen-bond donors (Lipinski definition) is 0. The average molecular weight is 393 g/mol. The van der Waals surface area contributed by atoms with Crippen LogP contribution in [0.5, 0.6) is 0 Å². The van der Waals surface area contributed by atoms with E-state index in [4.69, 9.17) is 6.57 Å². The van der Waals surface area contributed by atoms with Crippen LogP contribution >= 0.6 is 0 Å². The van der Waals surface area contributed by atoms with Gasteiger partial charge in [-0.25, -0.2) is 6.57 Å². The summed E-state index contributed by atoms with van der Waals surface area (Å²) in [6.07, 6.45) is 2.98. The number of rotatable bonds is 2. The number of benzene rings is 3. The molecule has 0 spiro atoms. The summed E-state index contributed by atoms with van der Waals surface area (Å²) < 4.78 is 2.27. The van der Waals surface area contributed by atoms with Crippen LogP contribution in [0.4, 0.5) is 11.4 Å². The van der Waals surface area contributed by atoms with Gasteiger partial charge >= 0.3 is 0 Å². The van der Waals surface area contributed by atoms with Crippen LogP contribution in [0.1, 0.15) is 25.0 Å². The fourth-order valence-electron chi connectivity index (χ4n) is 4.94. The first-order valence-corrected chi connectivity index (χ1v) is 10.4. The average Bonchev–Trinajstić information content (AvgIpc) is 2.72. The molecule has 0 amide bonds. The zero-order valence-electron chi connectivity index (χ0n) is 18.2. The van der Waals surface area contributed by atoms with E-state index in [0.29, 0.717) is 0 Å². The maximum Gasteiger partial charge on any atom is 0.237 e. The summed E-state index contributed by atoms with van der Waals surface area (Å²) in [5, 5.41) is 5.07. The minimum atomic E-state index is -0.395. The number of fused-ring (bicyclic) bond motifs is 4. The Morgan fingerprint density at radius 3 is 2.60 bits per heavy atom. The van der Waals surface area contributed by atoms with Crippen molar-refractivity contribution in [3.63, 3.8) is 0 Å². The van der Waals surface area contributed by atoms with E-state index in [1.165, 1.54) is 55.3 Å². The van der Waals surface area contributed by atoms with Crippen molar-refractivity contribution in [3.05, 3.63) is 77.3 Å². The Morgan fingerprint density at radius 1 is 1.07 bits per heavy atom. The summed E-state index contributed by atoms with van der Waals surface area (Å²) in [6.45, 7) is 13.7. The molecule has 1 aliphatic heterocycles. The van der Waals surface area contributed by atoms with Crippen molar-refractivity contribution in [1.29, 1.82) is 0 Å². The van der Waals surface area contributed by atoms with E-state index in [9.17, 15) is 0 Å². The molecule has 4 aromatic rings. The SMILES string of the molecule is [C-]#[N+]C(C)(C)Cc1ccc2c[n+](C)c3c(c2c1)N(C)c1cccc2ccc(C)c-3c12. The van der Waals surface area contributed by atoms with Gasteiger partial charge in [-0.1, -0.05) is 30.3 Å². The zero-order chi connectivity index (χ0) is 21.2. The Balaban J connectivity index is 1.88. The normalized spacial score (nSPS) is 12.9. The molecule has 0 fully saturated rings. The van der Waals surface area contributed by atoms with Crippen LogP contribution in [0, 0.1) is 13.5 Å². The fourth-order valence-corrected chi connectivity index (χ4v) is 4.94. The van der Waals surface area contributed by atoms with Crippen molar-refractivity contribution in [2.45, 2.75) is 32.7 Å². The molecule has 1 aromatic heterocycles. The maximum absolute atomic E-state index is 7.51. The third kappa shape index (κ3) is 2.60. The molecule has 5 rings (SSSR count). The lowest BCUT2D eigenvalue weighted by Gasteiger charge is -2.30. The molecule has 3 aromatic carbocycles. The van der Waals surface area contributed by atoms with Crippen LogP contribution in [-0.2, 0) is 13.5 Å². The molecule has 0 saturated carbocycles. The molecule has 1 aliphatic rings. The highest BCUT2D eigenvalue weighted by Gasteiger charge is 2.32. The smallest absolute Gasteiger partial charge is 0.237 e. The van der Waals surface area contributed by atoms with Crippen molar-refractivity contribution in [2.75, 3.05) is 11.9 Å². The third-order valence-corrected chi connectivity index (χ3v) is 6.39. The molecule has 0 saturated heterocycles. The van der Waals surface area contributed by atoms with Gasteiger partial charge in [0.1, 0.15) is 12.7 Å². The van der Waals surface area contributed by atoms with Crippen LogP contribution in [-0.4, -0.2) is 12.6 Å². The number of pyridine rings is 1. The van der Waals surface area contributed by atoms with E-state index >= 15 is 0 Å². The highest BCUT2D eigenvalue weighted by atomic mass is 15.1. The van der Waals surface area contributed by atoms with E-state index in [1.54, 1.807) is 0 Å². The third-order valence-electron chi connectivity index (χ3n) is 6.39. The molecular formula is C27H26N3+. The maximum atomic E-state index is 7.51. The van der Waals surface area contributed by atoms with E-state index in [1.807, 2.05) is 13.8 Å². The summed E-state index contributed by atoms with van der Waals surface area (Å²) in [5.41, 5.74) is 7.19. The van der Waals surface area contributed by atoms with E-state index < -0.39 is 5.54 Å². The van der Waals surface area contributed by atoms with E-state index in [0.717, 1.165) is 6.42 Å². The first-order valence-electron chi connectivity index (χ1n) is 10.4. The predicted octanol–water partition coefficient (Wildman–Crippen LogP) is 6.11. The molecule has 3 heteroatoms. The van der Waals surface area contributed by atoms with Crippen LogP contribution < -0.4 is 9.47 Å². The van der Waals surface area contributed by atoms with Gasteiger partial charge in [-0.3, -0.25) is 0 Å². The van der Waals surface area contributed by atoms with Gasteiger partial charge in [0.25, 0.3) is 0 Å². The molecule has 148 valence electrons. The quantitative estimate of drug-likeness (QED) is 0.296. The number of anilines is 2. The largest absolute Gasteiger partial charge is 0.338 e. The Hall–Kier alpha value is -3.38. The molecule has 3 nitrogen and oxygen atoms in total. The van der Waals surface area contributed by atoms with E-state index in [-0.39, 0.29) is 0 Å². The van der Waals surface area contributed by atoms with Crippen LogP contribution in [0.3, 0.4) is 0 Å². The highest BCUT2D eigenvalue weighted by molar-refractivity contribution is 6.15. The van der Waals surface area contributed by atoms with Gasteiger partial charge in [-0.15, -0.1) is 0 Å². The molecular weight excluding hydrogens is 366 g/mol. The summed E-state index contributed by atoms with van der Waals surface area (Å²) in [4.78, 5) is 6.16. The monoisotopic (exact) mass is 392 g/mol. The standard InChI is InChI=1S/C27H26N3/c1-17-10-12-19-8-7-9-22-24(19)23(17)26-25(30(22)6)21-14-18(15-27(2,3)28-4)11-13-20(21)16-29(26)5/h7-14,16H,15H2,1-3,5-6H3/q+1. The minimum absolute atomic E-state index is 0.395. The molecule has 0 unspecified atom stereocenters. The lowest BCUT2D eigenvalue weighted by molar-refractivity contribution is -0.658. The van der Waals surface area contributed by atoms with Gasteiger partial charge in [0.2, 0.25) is 11.2 Å². The zero-order valence-corrected chi connectivity index (χ0v) is 18.2. The van der Waals surface area contributed by atoms with Crippen LogP contribution in [0.25, 0.3) is 37.6 Å². The summed E-state index contributed by atoms with van der Waals surface area (Å²) in [6, 6.07) is 17.7. The van der Waals surface area contributed by atoms with Gasteiger partial charge in [-0.05, 0) is 41.6 Å².